The van der Waals surface area contributed by atoms with Gasteiger partial charge in [0.05, 0.1) is 25.4 Å². The van der Waals surface area contributed by atoms with Crippen molar-refractivity contribution < 1.29 is 14.3 Å². The van der Waals surface area contributed by atoms with Gasteiger partial charge in [0.2, 0.25) is 5.91 Å². The standard InChI is InChI=1S/C28H40N4O3/c1-6-35-23-16-12-11-13-20(23)18-31-25(33)22-17-24(27(2,3)4)30-32(22)19-28(31,5)26(34)29-21-14-9-7-8-10-15-21/h11-13,16-17,21H,6-10,14-15,18-19H2,1-5H3,(H,29,34)/t28-/m0/s1. The van der Waals surface area contributed by atoms with Crippen LogP contribution in [0, 0.1) is 0 Å². The third-order valence-corrected chi connectivity index (χ3v) is 7.35. The van der Waals surface area contributed by atoms with E-state index in [1.807, 2.05) is 44.2 Å². The highest BCUT2D eigenvalue weighted by molar-refractivity contribution is 5.99. The molecule has 0 unspecified atom stereocenters. The fraction of sp³-hybridized carbons (Fsp3) is 0.607. The minimum atomic E-state index is -1.07. The van der Waals surface area contributed by atoms with Gasteiger partial charge in [0.1, 0.15) is 17.0 Å². The van der Waals surface area contributed by atoms with Crippen molar-refractivity contribution in [3.05, 3.63) is 47.3 Å². The lowest BCUT2D eigenvalue weighted by molar-refractivity contribution is -0.134. The lowest BCUT2D eigenvalue weighted by Crippen LogP contribution is -2.64. The number of rotatable bonds is 6. The number of aromatic nitrogens is 2. The third kappa shape index (κ3) is 5.24. The minimum Gasteiger partial charge on any atom is -0.494 e. The summed E-state index contributed by atoms with van der Waals surface area (Å²) < 4.78 is 7.58. The van der Waals surface area contributed by atoms with Crippen LogP contribution in [-0.2, 0) is 23.3 Å². The summed E-state index contributed by atoms with van der Waals surface area (Å²) in [5, 5.41) is 8.07. The van der Waals surface area contributed by atoms with Gasteiger partial charge < -0.3 is 15.0 Å². The van der Waals surface area contributed by atoms with Crippen LogP contribution in [0.15, 0.2) is 30.3 Å². The van der Waals surface area contributed by atoms with Crippen LogP contribution in [0.25, 0.3) is 0 Å². The Morgan fingerprint density at radius 1 is 1.17 bits per heavy atom. The molecule has 190 valence electrons. The van der Waals surface area contributed by atoms with E-state index in [2.05, 4.69) is 26.1 Å². The smallest absolute Gasteiger partial charge is 0.273 e. The summed E-state index contributed by atoms with van der Waals surface area (Å²) >= 11 is 0. The molecule has 4 rings (SSSR count). The fourth-order valence-electron chi connectivity index (χ4n) is 5.12. The van der Waals surface area contributed by atoms with Crippen LogP contribution in [0.5, 0.6) is 5.75 Å². The SMILES string of the molecule is CCOc1ccccc1CN1C(=O)c2cc(C(C)(C)C)nn2C[C@@]1(C)C(=O)NC1CCCCCC1. The number of carbonyl (C=O) groups excluding carboxylic acids is 2. The summed E-state index contributed by atoms with van der Waals surface area (Å²) in [6.07, 6.45) is 6.67. The molecule has 1 aromatic carbocycles. The molecule has 1 aromatic heterocycles. The zero-order valence-corrected chi connectivity index (χ0v) is 21.9. The molecule has 7 nitrogen and oxygen atoms in total. The zero-order valence-electron chi connectivity index (χ0n) is 21.9. The van der Waals surface area contributed by atoms with Gasteiger partial charge in [-0.1, -0.05) is 64.7 Å². The van der Waals surface area contributed by atoms with Crippen molar-refractivity contribution in [1.82, 2.24) is 20.0 Å². The molecule has 2 amide bonds. The largest absolute Gasteiger partial charge is 0.494 e. The van der Waals surface area contributed by atoms with E-state index in [4.69, 9.17) is 9.84 Å². The van der Waals surface area contributed by atoms with Crippen molar-refractivity contribution in [2.45, 2.75) is 103 Å². The molecule has 0 spiro atoms. The van der Waals surface area contributed by atoms with E-state index in [9.17, 15) is 9.59 Å². The molecule has 1 aliphatic heterocycles. The predicted molar refractivity (Wildman–Crippen MR) is 136 cm³/mol. The first kappa shape index (κ1) is 25.3. The Morgan fingerprint density at radius 3 is 2.51 bits per heavy atom. The average Bonchev–Trinajstić information content (AvgIpc) is 3.08. The third-order valence-electron chi connectivity index (χ3n) is 7.35. The molecule has 2 heterocycles. The van der Waals surface area contributed by atoms with Crippen molar-refractivity contribution in [2.75, 3.05) is 6.61 Å². The van der Waals surface area contributed by atoms with Gasteiger partial charge in [0.15, 0.2) is 0 Å². The summed E-state index contributed by atoms with van der Waals surface area (Å²) in [5.41, 5.74) is 1.00. The number of hydrogen-bond donors (Lipinski definition) is 1. The Labute approximate surface area is 209 Å². The molecular formula is C28H40N4O3. The molecule has 7 heteroatoms. The maximum atomic E-state index is 13.9. The first-order valence-electron chi connectivity index (χ1n) is 13.1. The van der Waals surface area contributed by atoms with Gasteiger partial charge in [-0.15, -0.1) is 0 Å². The van der Waals surface area contributed by atoms with E-state index in [0.717, 1.165) is 42.7 Å². The van der Waals surface area contributed by atoms with E-state index in [1.54, 1.807) is 9.58 Å². The normalized spacial score (nSPS) is 21.4. The maximum absolute atomic E-state index is 13.9. The number of amides is 2. The van der Waals surface area contributed by atoms with Crippen molar-refractivity contribution >= 4 is 11.8 Å². The summed E-state index contributed by atoms with van der Waals surface area (Å²) in [7, 11) is 0. The number of carbonyl (C=O) groups is 2. The molecule has 1 fully saturated rings. The van der Waals surface area contributed by atoms with Gasteiger partial charge in [0.25, 0.3) is 5.91 Å². The van der Waals surface area contributed by atoms with Crippen LogP contribution < -0.4 is 10.1 Å². The van der Waals surface area contributed by atoms with Crippen molar-refractivity contribution in [1.29, 1.82) is 0 Å². The summed E-state index contributed by atoms with van der Waals surface area (Å²) in [4.78, 5) is 29.6. The van der Waals surface area contributed by atoms with Crippen LogP contribution in [0.4, 0.5) is 0 Å². The van der Waals surface area contributed by atoms with Crippen molar-refractivity contribution in [3.63, 3.8) is 0 Å². The Morgan fingerprint density at radius 2 is 1.86 bits per heavy atom. The molecule has 0 saturated heterocycles. The Hall–Kier alpha value is -2.83. The number of ether oxygens (including phenoxy) is 1. The van der Waals surface area contributed by atoms with E-state index in [1.165, 1.54) is 12.8 Å². The topological polar surface area (TPSA) is 76.5 Å². The average molecular weight is 481 g/mol. The Bertz CT molecular complexity index is 1060. The number of para-hydroxylation sites is 1. The molecular weight excluding hydrogens is 440 g/mol. The molecule has 0 radical (unpaired) electrons. The monoisotopic (exact) mass is 480 g/mol. The second-order valence-electron chi connectivity index (χ2n) is 11.2. The highest BCUT2D eigenvalue weighted by Gasteiger charge is 2.49. The zero-order chi connectivity index (χ0) is 25.2. The number of hydrogen-bond acceptors (Lipinski definition) is 4. The fourth-order valence-corrected chi connectivity index (χ4v) is 5.12. The van der Waals surface area contributed by atoms with Crippen LogP contribution >= 0.6 is 0 Å². The number of nitrogens with one attached hydrogen (secondary N) is 1. The summed E-state index contributed by atoms with van der Waals surface area (Å²) in [6, 6.07) is 9.78. The summed E-state index contributed by atoms with van der Waals surface area (Å²) in [6.45, 7) is 11.2. The van der Waals surface area contributed by atoms with Crippen LogP contribution in [0.1, 0.15) is 94.9 Å². The van der Waals surface area contributed by atoms with Gasteiger partial charge in [-0.05, 0) is 38.8 Å². The van der Waals surface area contributed by atoms with Gasteiger partial charge in [0, 0.05) is 17.0 Å². The lowest BCUT2D eigenvalue weighted by Gasteiger charge is -2.44. The molecule has 1 N–H and O–H groups in total. The highest BCUT2D eigenvalue weighted by atomic mass is 16.5. The summed E-state index contributed by atoms with van der Waals surface area (Å²) in [5.74, 6) is 0.456. The number of fused-ring (bicyclic) bond motifs is 1. The predicted octanol–water partition coefficient (Wildman–Crippen LogP) is 4.83. The van der Waals surface area contributed by atoms with Gasteiger partial charge in [-0.2, -0.15) is 5.10 Å². The van der Waals surface area contributed by atoms with Crippen molar-refractivity contribution in [3.8, 4) is 5.75 Å². The molecule has 1 saturated carbocycles. The Kier molecular flexibility index (Phi) is 7.25. The van der Waals surface area contributed by atoms with E-state index in [0.29, 0.717) is 25.4 Å². The van der Waals surface area contributed by atoms with Gasteiger partial charge >= 0.3 is 0 Å². The van der Waals surface area contributed by atoms with Crippen LogP contribution in [0.2, 0.25) is 0 Å². The minimum absolute atomic E-state index is 0.106. The Balaban J connectivity index is 1.71. The molecule has 2 aliphatic rings. The second-order valence-corrected chi connectivity index (χ2v) is 11.2. The van der Waals surface area contributed by atoms with E-state index in [-0.39, 0.29) is 23.3 Å². The number of benzene rings is 1. The molecule has 1 atom stereocenters. The first-order valence-corrected chi connectivity index (χ1v) is 13.1. The van der Waals surface area contributed by atoms with Crippen molar-refractivity contribution in [2.24, 2.45) is 0 Å². The van der Waals surface area contributed by atoms with Crippen LogP contribution in [0.3, 0.4) is 0 Å². The molecule has 1 aliphatic carbocycles. The molecule has 35 heavy (non-hydrogen) atoms. The second kappa shape index (κ2) is 10.0. The van der Waals surface area contributed by atoms with Gasteiger partial charge in [-0.3, -0.25) is 14.3 Å². The van der Waals surface area contributed by atoms with Crippen LogP contribution in [-0.4, -0.2) is 44.7 Å². The maximum Gasteiger partial charge on any atom is 0.273 e. The van der Waals surface area contributed by atoms with E-state index >= 15 is 0 Å². The first-order chi connectivity index (χ1) is 16.6. The van der Waals surface area contributed by atoms with E-state index < -0.39 is 5.54 Å². The molecule has 0 bridgehead atoms. The lowest BCUT2D eigenvalue weighted by atomic mass is 9.91. The quantitative estimate of drug-likeness (QED) is 0.601. The van der Waals surface area contributed by atoms with Gasteiger partial charge in [-0.25, -0.2) is 0 Å². The highest BCUT2D eigenvalue weighted by Crippen LogP contribution is 2.33. The molecule has 2 aromatic rings. The number of nitrogens with zero attached hydrogens (tertiary/aromatic N) is 3.